The molecule has 0 radical (unpaired) electrons. The van der Waals surface area contributed by atoms with Gasteiger partial charge in [0, 0.05) is 24.4 Å². The van der Waals surface area contributed by atoms with Crippen molar-refractivity contribution in [2.24, 2.45) is 0 Å². The Labute approximate surface area is 251 Å². The molecule has 1 aromatic heterocycles. The third-order valence-electron chi connectivity index (χ3n) is 7.10. The Kier molecular flexibility index (Phi) is 11.5. The summed E-state index contributed by atoms with van der Waals surface area (Å²) in [6.45, 7) is -0.444. The molecule has 0 unspecified atom stereocenters. The quantitative estimate of drug-likeness (QED) is 0.226. The van der Waals surface area contributed by atoms with Gasteiger partial charge >= 0.3 is 6.09 Å². The molecule has 12 heteroatoms. The highest BCUT2D eigenvalue weighted by atomic mass is 32.2. The molecule has 1 heterocycles. The number of amides is 2. The molecule has 0 bridgehead atoms. The number of benzene rings is 2. The predicted molar refractivity (Wildman–Crippen MR) is 160 cm³/mol. The molecule has 1 saturated carbocycles. The highest BCUT2D eigenvalue weighted by molar-refractivity contribution is 7.90. The van der Waals surface area contributed by atoms with Crippen molar-refractivity contribution in [1.29, 1.82) is 0 Å². The maximum Gasteiger partial charge on any atom is 0.407 e. The van der Waals surface area contributed by atoms with Crippen LogP contribution in [-0.4, -0.2) is 67.2 Å². The van der Waals surface area contributed by atoms with Gasteiger partial charge in [-0.2, -0.15) is 0 Å². The van der Waals surface area contributed by atoms with Crippen LogP contribution < -0.4 is 14.8 Å². The minimum atomic E-state index is -3.98. The molecule has 2 aromatic carbocycles. The first-order chi connectivity index (χ1) is 20.7. The van der Waals surface area contributed by atoms with Crippen LogP contribution >= 0.6 is 0 Å². The van der Waals surface area contributed by atoms with Gasteiger partial charge < -0.3 is 25.0 Å². The lowest BCUT2D eigenvalue weighted by molar-refractivity contribution is 0.0969. The highest BCUT2D eigenvalue weighted by Crippen LogP contribution is 2.31. The van der Waals surface area contributed by atoms with Crippen molar-refractivity contribution >= 4 is 22.0 Å². The van der Waals surface area contributed by atoms with Crippen molar-refractivity contribution in [3.05, 3.63) is 83.7 Å². The predicted octanol–water partition coefficient (Wildman–Crippen LogP) is 3.51. The SMILES string of the molecule is O=C(NC[C@H](O)c1cccnc1)OCCc1ccc(-c2ccc(C(=O)NS(=O)(=O)CCO)c(OC3CCCCC3)c2)cc1. The van der Waals surface area contributed by atoms with Gasteiger partial charge in [-0.3, -0.25) is 9.78 Å². The monoisotopic (exact) mass is 611 g/mol. The molecule has 230 valence electrons. The first-order valence-electron chi connectivity index (χ1n) is 14.3. The van der Waals surface area contributed by atoms with Crippen LogP contribution in [0, 0.1) is 0 Å². The lowest BCUT2D eigenvalue weighted by Crippen LogP contribution is -2.34. The molecule has 2 amide bonds. The standard InChI is InChI=1S/C31H37N3O8S/c35-16-18-43(39,40)34-30(37)27-13-12-24(19-29(27)42-26-6-2-1-3-7-26)23-10-8-22(9-11-23)14-17-41-31(38)33-21-28(36)25-5-4-15-32-20-25/h4-5,8-13,15,19-20,26,28,35-36H,1-3,6-7,14,16-18,21H2,(H,33,38)(H,34,37)/t28-/m0/s1. The minimum absolute atomic E-state index is 0.00456. The first-order valence-corrected chi connectivity index (χ1v) is 15.9. The van der Waals surface area contributed by atoms with Gasteiger partial charge in [-0.1, -0.05) is 42.8 Å². The maximum absolute atomic E-state index is 12.9. The zero-order valence-corrected chi connectivity index (χ0v) is 24.6. The average molecular weight is 612 g/mol. The largest absolute Gasteiger partial charge is 0.490 e. The molecular weight excluding hydrogens is 574 g/mol. The lowest BCUT2D eigenvalue weighted by Gasteiger charge is -2.24. The molecule has 43 heavy (non-hydrogen) atoms. The van der Waals surface area contributed by atoms with Crippen molar-refractivity contribution in [2.45, 2.75) is 50.7 Å². The third kappa shape index (κ3) is 9.77. The van der Waals surface area contributed by atoms with Crippen LogP contribution in [-0.2, 0) is 21.2 Å². The molecule has 0 aliphatic heterocycles. The van der Waals surface area contributed by atoms with Gasteiger partial charge in [0.15, 0.2) is 0 Å². The van der Waals surface area contributed by atoms with E-state index in [1.807, 2.05) is 29.0 Å². The number of nitrogens with zero attached hydrogens (tertiary/aromatic N) is 1. The van der Waals surface area contributed by atoms with Gasteiger partial charge in [-0.25, -0.2) is 17.9 Å². The van der Waals surface area contributed by atoms with Gasteiger partial charge in [0.25, 0.3) is 5.91 Å². The van der Waals surface area contributed by atoms with Crippen LogP contribution in [0.3, 0.4) is 0 Å². The van der Waals surface area contributed by atoms with Crippen molar-refractivity contribution in [3.8, 4) is 16.9 Å². The summed E-state index contributed by atoms with van der Waals surface area (Å²) in [5.41, 5.74) is 3.29. The number of hydrogen-bond acceptors (Lipinski definition) is 9. The van der Waals surface area contributed by atoms with Crippen molar-refractivity contribution < 1.29 is 37.7 Å². The first kappa shape index (κ1) is 31.9. The van der Waals surface area contributed by atoms with E-state index in [0.29, 0.717) is 17.7 Å². The number of aromatic nitrogens is 1. The molecule has 11 nitrogen and oxygen atoms in total. The van der Waals surface area contributed by atoms with E-state index < -0.39 is 40.5 Å². The Balaban J connectivity index is 1.36. The number of nitrogens with one attached hydrogen (secondary N) is 2. The van der Waals surface area contributed by atoms with Gasteiger partial charge in [0.1, 0.15) is 5.75 Å². The van der Waals surface area contributed by atoms with Crippen LogP contribution in [0.2, 0.25) is 0 Å². The number of pyridine rings is 1. The third-order valence-corrected chi connectivity index (χ3v) is 8.32. The summed E-state index contributed by atoms with van der Waals surface area (Å²) in [5.74, 6) is -1.08. The van der Waals surface area contributed by atoms with E-state index in [0.717, 1.165) is 48.8 Å². The Morgan fingerprint density at radius 1 is 1.02 bits per heavy atom. The van der Waals surface area contributed by atoms with E-state index in [4.69, 9.17) is 14.6 Å². The summed E-state index contributed by atoms with van der Waals surface area (Å²) < 4.78 is 37.6. The fourth-order valence-electron chi connectivity index (χ4n) is 4.76. The Morgan fingerprint density at radius 3 is 2.47 bits per heavy atom. The topological polar surface area (TPSA) is 164 Å². The van der Waals surface area contributed by atoms with Crippen molar-refractivity contribution in [1.82, 2.24) is 15.0 Å². The zero-order valence-electron chi connectivity index (χ0n) is 23.8. The Bertz CT molecular complexity index is 1460. The average Bonchev–Trinajstić information content (AvgIpc) is 3.01. The molecule has 4 rings (SSSR count). The molecule has 1 atom stereocenters. The second-order valence-electron chi connectivity index (χ2n) is 10.3. The molecule has 0 spiro atoms. The number of aliphatic hydroxyl groups excluding tert-OH is 2. The van der Waals surface area contributed by atoms with E-state index in [9.17, 15) is 23.1 Å². The summed E-state index contributed by atoms with van der Waals surface area (Å²) in [6, 6.07) is 16.1. The van der Waals surface area contributed by atoms with Crippen LogP contribution in [0.25, 0.3) is 11.1 Å². The van der Waals surface area contributed by atoms with E-state index >= 15 is 0 Å². The van der Waals surface area contributed by atoms with Crippen LogP contribution in [0.15, 0.2) is 67.0 Å². The number of ether oxygens (including phenoxy) is 2. The maximum atomic E-state index is 12.9. The fraction of sp³-hybridized carbons (Fsp3) is 0.387. The van der Waals surface area contributed by atoms with Gasteiger partial charge in [-0.15, -0.1) is 0 Å². The highest BCUT2D eigenvalue weighted by Gasteiger charge is 2.23. The molecule has 0 saturated heterocycles. The van der Waals surface area contributed by atoms with Crippen molar-refractivity contribution in [3.63, 3.8) is 0 Å². The molecule has 1 fully saturated rings. The summed E-state index contributed by atoms with van der Waals surface area (Å²) in [7, 11) is -3.98. The number of sulfonamides is 1. The number of carbonyl (C=O) groups is 2. The lowest BCUT2D eigenvalue weighted by atomic mass is 9.97. The fourth-order valence-corrected chi connectivity index (χ4v) is 5.50. The van der Waals surface area contributed by atoms with Crippen LogP contribution in [0.4, 0.5) is 4.79 Å². The second-order valence-corrected chi connectivity index (χ2v) is 12.2. The molecule has 1 aliphatic rings. The van der Waals surface area contributed by atoms with Crippen LogP contribution in [0.5, 0.6) is 5.75 Å². The van der Waals surface area contributed by atoms with Gasteiger partial charge in [0.2, 0.25) is 10.0 Å². The van der Waals surface area contributed by atoms with Crippen LogP contribution in [0.1, 0.15) is 59.7 Å². The van der Waals surface area contributed by atoms with Crippen molar-refractivity contribution in [2.75, 3.05) is 25.5 Å². The van der Waals surface area contributed by atoms with E-state index in [-0.39, 0.29) is 24.8 Å². The number of alkyl carbamates (subject to hydrolysis) is 1. The van der Waals surface area contributed by atoms with Gasteiger partial charge in [0.05, 0.1) is 43.3 Å². The minimum Gasteiger partial charge on any atom is -0.490 e. The van der Waals surface area contributed by atoms with E-state index in [1.165, 1.54) is 6.20 Å². The summed E-state index contributed by atoms with van der Waals surface area (Å²) in [6.07, 6.45) is 6.93. The Morgan fingerprint density at radius 2 is 1.77 bits per heavy atom. The number of carbonyl (C=O) groups excluding carboxylic acids is 2. The van der Waals surface area contributed by atoms with E-state index in [1.54, 1.807) is 36.5 Å². The zero-order chi connectivity index (χ0) is 30.7. The molecular formula is C31H37N3O8S. The number of hydrogen-bond donors (Lipinski definition) is 4. The van der Waals surface area contributed by atoms with E-state index in [2.05, 4.69) is 10.3 Å². The summed E-state index contributed by atoms with van der Waals surface area (Å²) in [5, 5.41) is 21.7. The molecule has 3 aromatic rings. The molecule has 4 N–H and O–H groups in total. The second kappa shape index (κ2) is 15.5. The number of aliphatic hydroxyl groups is 2. The summed E-state index contributed by atoms with van der Waals surface area (Å²) >= 11 is 0. The number of rotatable bonds is 13. The van der Waals surface area contributed by atoms with Gasteiger partial charge in [-0.05, 0) is 60.6 Å². The molecule has 1 aliphatic carbocycles. The normalized spacial score (nSPS) is 14.5. The smallest absolute Gasteiger partial charge is 0.407 e. The summed E-state index contributed by atoms with van der Waals surface area (Å²) in [4.78, 5) is 28.8. The Hall–Kier alpha value is -4.00.